The number of hydrogen-bond acceptors (Lipinski definition) is 8. The Kier molecular flexibility index (Phi) is 9.07. The van der Waals surface area contributed by atoms with Crippen LogP contribution in [0.1, 0.15) is 61.4 Å². The number of nitrogens with one attached hydrogen (secondary N) is 1. The van der Waals surface area contributed by atoms with Crippen molar-refractivity contribution in [2.24, 2.45) is 5.92 Å². The molecule has 10 heteroatoms. The second kappa shape index (κ2) is 12.3. The maximum absolute atomic E-state index is 13.6. The molecule has 1 aromatic rings. The molecule has 4 atom stereocenters. The highest BCUT2D eigenvalue weighted by Gasteiger charge is 2.52. The zero-order chi connectivity index (χ0) is 27.4. The van der Waals surface area contributed by atoms with E-state index in [1.54, 1.807) is 23.1 Å². The normalized spacial score (nSPS) is 24.0. The minimum Gasteiger partial charge on any atom is -0.493 e. The number of benzene rings is 1. The smallest absolute Gasteiger partial charge is 0.247 e. The molecular weight excluding hydrogens is 492 g/mol. The Hall–Kier alpha value is -2.95. The molecule has 2 aliphatic carbocycles. The van der Waals surface area contributed by atoms with E-state index in [2.05, 4.69) is 5.32 Å². The highest BCUT2D eigenvalue weighted by Crippen LogP contribution is 2.51. The van der Waals surface area contributed by atoms with Crippen molar-refractivity contribution in [2.45, 2.75) is 69.8 Å². The third-order valence-electron chi connectivity index (χ3n) is 7.50. The third kappa shape index (κ3) is 5.57. The van der Waals surface area contributed by atoms with E-state index < -0.39 is 30.1 Å². The number of methoxy groups -OCH3 is 1. The van der Waals surface area contributed by atoms with Crippen molar-refractivity contribution in [3.8, 4) is 11.5 Å². The average molecular weight is 531 g/mol. The zero-order valence-corrected chi connectivity index (χ0v) is 22.2. The molecule has 0 spiro atoms. The summed E-state index contributed by atoms with van der Waals surface area (Å²) in [6.45, 7) is 4.52. The Morgan fingerprint density at radius 2 is 2.05 bits per heavy atom. The number of rotatable bonds is 12. The fourth-order valence-corrected chi connectivity index (χ4v) is 5.41. The lowest BCUT2D eigenvalue weighted by molar-refractivity contribution is -0.144. The monoisotopic (exact) mass is 530 g/mol. The molecule has 0 radical (unpaired) electrons. The highest BCUT2D eigenvalue weighted by molar-refractivity contribution is 5.96. The Morgan fingerprint density at radius 3 is 2.66 bits per heavy atom. The van der Waals surface area contributed by atoms with Crippen LogP contribution in [0.5, 0.6) is 11.5 Å². The molecule has 1 aliphatic heterocycles. The molecule has 10 nitrogen and oxygen atoms in total. The van der Waals surface area contributed by atoms with Gasteiger partial charge in [0.05, 0.1) is 31.8 Å². The second-order valence-corrected chi connectivity index (χ2v) is 10.3. The maximum atomic E-state index is 13.6. The van der Waals surface area contributed by atoms with Gasteiger partial charge in [-0.25, -0.2) is 0 Å². The number of nitrogens with zero attached hydrogens (tertiary/aromatic N) is 1. The Labute approximate surface area is 222 Å². The van der Waals surface area contributed by atoms with E-state index in [1.165, 1.54) is 7.11 Å². The molecule has 1 heterocycles. The van der Waals surface area contributed by atoms with Crippen LogP contribution >= 0.6 is 0 Å². The van der Waals surface area contributed by atoms with Crippen LogP contribution in [0.2, 0.25) is 0 Å². The molecular formula is C28H38N2O8. The molecule has 3 N–H and O–H groups in total. The first-order valence-electron chi connectivity index (χ1n) is 13.3. The maximum Gasteiger partial charge on any atom is 0.247 e. The molecule has 4 rings (SSSR count). The van der Waals surface area contributed by atoms with Crippen molar-refractivity contribution in [1.82, 2.24) is 10.2 Å². The van der Waals surface area contributed by atoms with Gasteiger partial charge in [0, 0.05) is 42.3 Å². The first-order chi connectivity index (χ1) is 18.3. The van der Waals surface area contributed by atoms with E-state index in [9.17, 15) is 24.6 Å². The quantitative estimate of drug-likeness (QED) is 0.274. The SMILES string of the molecule is COc1cc(C=O)cc2c1OC1C2C(C(=O)NCCO)=CC(N(CCCOC(C)C)C(=O)C2CCC2)C1O. The van der Waals surface area contributed by atoms with Crippen molar-refractivity contribution in [2.75, 3.05) is 33.4 Å². The van der Waals surface area contributed by atoms with Gasteiger partial charge in [-0.1, -0.05) is 6.42 Å². The summed E-state index contributed by atoms with van der Waals surface area (Å²) in [4.78, 5) is 40.2. The predicted molar refractivity (Wildman–Crippen MR) is 138 cm³/mol. The van der Waals surface area contributed by atoms with E-state index >= 15 is 0 Å². The van der Waals surface area contributed by atoms with Crippen molar-refractivity contribution < 1.29 is 38.8 Å². The van der Waals surface area contributed by atoms with E-state index in [0.717, 1.165) is 19.3 Å². The number of fused-ring (bicyclic) bond motifs is 3. The Bertz CT molecular complexity index is 1070. The fourth-order valence-electron chi connectivity index (χ4n) is 5.41. The molecule has 4 unspecified atom stereocenters. The minimum atomic E-state index is -1.14. The predicted octanol–water partition coefficient (Wildman–Crippen LogP) is 1.57. The second-order valence-electron chi connectivity index (χ2n) is 10.3. The van der Waals surface area contributed by atoms with Crippen LogP contribution in [0.4, 0.5) is 0 Å². The van der Waals surface area contributed by atoms with Crippen LogP contribution in [0.25, 0.3) is 0 Å². The van der Waals surface area contributed by atoms with Crippen LogP contribution in [0.15, 0.2) is 23.8 Å². The number of amides is 2. The molecule has 2 amide bonds. The van der Waals surface area contributed by atoms with Crippen LogP contribution < -0.4 is 14.8 Å². The number of aliphatic hydroxyl groups is 2. The zero-order valence-electron chi connectivity index (χ0n) is 22.2. The number of aliphatic hydroxyl groups excluding tert-OH is 2. The fraction of sp³-hybridized carbons (Fsp3) is 0.607. The molecule has 3 aliphatic rings. The van der Waals surface area contributed by atoms with Crippen molar-refractivity contribution in [3.63, 3.8) is 0 Å². The number of carbonyl (C=O) groups excluding carboxylic acids is 3. The van der Waals surface area contributed by atoms with Gasteiger partial charge in [0.2, 0.25) is 11.8 Å². The molecule has 1 saturated carbocycles. The van der Waals surface area contributed by atoms with E-state index in [1.807, 2.05) is 13.8 Å². The lowest BCUT2D eigenvalue weighted by Gasteiger charge is -2.42. The molecule has 1 aromatic carbocycles. The van der Waals surface area contributed by atoms with E-state index in [-0.39, 0.29) is 31.1 Å². The van der Waals surface area contributed by atoms with Crippen LogP contribution in [-0.2, 0) is 14.3 Å². The number of carbonyl (C=O) groups is 3. The Balaban J connectivity index is 1.73. The van der Waals surface area contributed by atoms with Gasteiger partial charge >= 0.3 is 0 Å². The van der Waals surface area contributed by atoms with Crippen molar-refractivity contribution in [1.29, 1.82) is 0 Å². The van der Waals surface area contributed by atoms with Gasteiger partial charge in [-0.2, -0.15) is 0 Å². The first kappa shape index (κ1) is 28.1. The summed E-state index contributed by atoms with van der Waals surface area (Å²) >= 11 is 0. The third-order valence-corrected chi connectivity index (χ3v) is 7.50. The summed E-state index contributed by atoms with van der Waals surface area (Å²) in [5, 5.41) is 23.6. The largest absolute Gasteiger partial charge is 0.493 e. The van der Waals surface area contributed by atoms with E-state index in [4.69, 9.17) is 14.2 Å². The number of aldehydes is 1. The van der Waals surface area contributed by atoms with Crippen molar-refractivity contribution >= 4 is 18.1 Å². The summed E-state index contributed by atoms with van der Waals surface area (Å²) in [7, 11) is 1.46. The molecule has 38 heavy (non-hydrogen) atoms. The van der Waals surface area contributed by atoms with Gasteiger partial charge < -0.3 is 34.6 Å². The lowest BCUT2D eigenvalue weighted by Crippen LogP contribution is -2.57. The van der Waals surface area contributed by atoms with Gasteiger partial charge in [-0.15, -0.1) is 0 Å². The summed E-state index contributed by atoms with van der Waals surface area (Å²) in [5.41, 5.74) is 1.22. The Morgan fingerprint density at radius 1 is 1.29 bits per heavy atom. The standard InChI is InChI=1S/C28H38N2O8/c1-16(2)37-11-5-9-30(28(35)18-6-4-7-18)21-14-20(27(34)29-8-10-31)23-19-12-17(15-32)13-22(36-3)25(19)38-26(23)24(21)33/h12-16,18,21,23-24,26,31,33H,4-11H2,1-3H3,(H,29,34). The van der Waals surface area contributed by atoms with Gasteiger partial charge in [0.15, 0.2) is 11.5 Å². The molecule has 0 saturated heterocycles. The highest BCUT2D eigenvalue weighted by atomic mass is 16.5. The number of hydrogen-bond donors (Lipinski definition) is 3. The van der Waals surface area contributed by atoms with Crippen LogP contribution in [0.3, 0.4) is 0 Å². The van der Waals surface area contributed by atoms with Gasteiger partial charge in [0.25, 0.3) is 0 Å². The molecule has 0 bridgehead atoms. The minimum absolute atomic E-state index is 0.0451. The first-order valence-corrected chi connectivity index (χ1v) is 13.3. The summed E-state index contributed by atoms with van der Waals surface area (Å²) in [6, 6.07) is 2.38. The molecule has 208 valence electrons. The summed E-state index contributed by atoms with van der Waals surface area (Å²) in [5.74, 6) is -0.596. The average Bonchev–Trinajstić information content (AvgIpc) is 3.26. The van der Waals surface area contributed by atoms with Gasteiger partial charge in [-0.3, -0.25) is 14.4 Å². The van der Waals surface area contributed by atoms with Gasteiger partial charge in [0.1, 0.15) is 18.5 Å². The topological polar surface area (TPSA) is 135 Å². The molecule has 1 fully saturated rings. The summed E-state index contributed by atoms with van der Waals surface area (Å²) in [6.07, 6.45) is 3.54. The number of ether oxygens (including phenoxy) is 3. The van der Waals surface area contributed by atoms with Crippen molar-refractivity contribution in [3.05, 3.63) is 34.9 Å². The van der Waals surface area contributed by atoms with E-state index in [0.29, 0.717) is 54.1 Å². The lowest BCUT2D eigenvalue weighted by atomic mass is 9.76. The van der Waals surface area contributed by atoms with Gasteiger partial charge in [-0.05, 0) is 51.3 Å². The van der Waals surface area contributed by atoms with Crippen LogP contribution in [0, 0.1) is 5.92 Å². The molecule has 0 aromatic heterocycles. The van der Waals surface area contributed by atoms with Crippen LogP contribution in [-0.4, -0.2) is 91.0 Å². The summed E-state index contributed by atoms with van der Waals surface area (Å²) < 4.78 is 17.4.